The summed E-state index contributed by atoms with van der Waals surface area (Å²) in [5.41, 5.74) is 2.22. The first-order valence-corrected chi connectivity index (χ1v) is 7.72. The summed E-state index contributed by atoms with van der Waals surface area (Å²) in [4.78, 5) is 0. The van der Waals surface area contributed by atoms with E-state index in [4.69, 9.17) is 0 Å². The Labute approximate surface area is 129 Å². The van der Waals surface area contributed by atoms with Crippen LogP contribution < -0.4 is 5.32 Å². The third kappa shape index (κ3) is 3.87. The van der Waals surface area contributed by atoms with Crippen LogP contribution in [0.25, 0.3) is 0 Å². The lowest BCUT2D eigenvalue weighted by molar-refractivity contribution is 0.541. The second kappa shape index (κ2) is 6.63. The van der Waals surface area contributed by atoms with Gasteiger partial charge in [-0.1, -0.05) is 50.1 Å². The number of hydrogen-bond acceptors (Lipinski definition) is 3. The third-order valence-electron chi connectivity index (χ3n) is 2.85. The molecule has 1 heterocycles. The summed E-state index contributed by atoms with van der Waals surface area (Å²) in [6.45, 7) is 3.02. The lowest BCUT2D eigenvalue weighted by atomic mass is 10.0. The van der Waals surface area contributed by atoms with Crippen molar-refractivity contribution in [3.8, 4) is 0 Å². The second-order valence-corrected chi connectivity index (χ2v) is 6.13. The monoisotopic (exact) mass is 386 g/mol. The molecule has 0 saturated carbocycles. The Kier molecular flexibility index (Phi) is 5.13. The normalized spacial score (nSPS) is 12.6. The Balaban J connectivity index is 2.23. The highest BCUT2D eigenvalue weighted by Crippen LogP contribution is 2.28. The molecular formula is C13H16Br2N4. The van der Waals surface area contributed by atoms with E-state index in [1.807, 2.05) is 13.2 Å². The number of rotatable bonds is 5. The summed E-state index contributed by atoms with van der Waals surface area (Å²) in [6, 6.07) is 6.47. The van der Waals surface area contributed by atoms with Crippen LogP contribution in [0.5, 0.6) is 0 Å². The van der Waals surface area contributed by atoms with Gasteiger partial charge in [0, 0.05) is 34.7 Å². The molecule has 1 aromatic heterocycles. The molecule has 19 heavy (non-hydrogen) atoms. The number of aryl methyl sites for hydroxylation is 1. The van der Waals surface area contributed by atoms with Crippen LogP contribution in [0.3, 0.4) is 0 Å². The van der Waals surface area contributed by atoms with E-state index in [1.54, 1.807) is 4.68 Å². The molecule has 4 nitrogen and oxygen atoms in total. The lowest BCUT2D eigenvalue weighted by Crippen LogP contribution is -2.23. The minimum atomic E-state index is 0.226. The zero-order valence-electron chi connectivity index (χ0n) is 10.9. The average Bonchev–Trinajstić information content (AvgIpc) is 2.74. The van der Waals surface area contributed by atoms with Crippen LogP contribution in [-0.2, 0) is 13.5 Å². The molecule has 1 atom stereocenters. The van der Waals surface area contributed by atoms with Gasteiger partial charge in [0.1, 0.15) is 0 Å². The minimum absolute atomic E-state index is 0.226. The first kappa shape index (κ1) is 14.7. The standard InChI is InChI=1S/C13H16Br2N4/c1-3-16-13(7-10-8-19(2)18-17-10)11-5-4-9(14)6-12(11)15/h4-6,8,13,16H,3,7H2,1-2H3. The molecule has 6 heteroatoms. The predicted molar refractivity (Wildman–Crippen MR) is 83.0 cm³/mol. The molecule has 0 aliphatic heterocycles. The first-order valence-electron chi connectivity index (χ1n) is 6.13. The molecule has 102 valence electrons. The Bertz CT molecular complexity index is 553. The van der Waals surface area contributed by atoms with Crippen molar-refractivity contribution in [2.75, 3.05) is 6.54 Å². The maximum Gasteiger partial charge on any atom is 0.0845 e. The summed E-state index contributed by atoms with van der Waals surface area (Å²) in [5, 5.41) is 11.6. The highest BCUT2D eigenvalue weighted by molar-refractivity contribution is 9.11. The van der Waals surface area contributed by atoms with Crippen LogP contribution in [0.2, 0.25) is 0 Å². The fourth-order valence-electron chi connectivity index (χ4n) is 2.02. The van der Waals surface area contributed by atoms with Crippen LogP contribution in [0.1, 0.15) is 24.2 Å². The zero-order chi connectivity index (χ0) is 13.8. The van der Waals surface area contributed by atoms with Crippen molar-refractivity contribution in [2.45, 2.75) is 19.4 Å². The third-order valence-corrected chi connectivity index (χ3v) is 4.03. The van der Waals surface area contributed by atoms with Crippen molar-refractivity contribution in [3.05, 3.63) is 44.6 Å². The lowest BCUT2D eigenvalue weighted by Gasteiger charge is -2.18. The van der Waals surface area contributed by atoms with Crippen molar-refractivity contribution in [1.82, 2.24) is 20.3 Å². The summed E-state index contributed by atoms with van der Waals surface area (Å²) in [5.74, 6) is 0. The van der Waals surface area contributed by atoms with Gasteiger partial charge in [0.25, 0.3) is 0 Å². The van der Waals surface area contributed by atoms with E-state index in [-0.39, 0.29) is 6.04 Å². The molecule has 0 aliphatic rings. The summed E-state index contributed by atoms with van der Waals surface area (Å²) >= 11 is 7.10. The molecule has 1 N–H and O–H groups in total. The first-order chi connectivity index (χ1) is 9.10. The number of aromatic nitrogens is 3. The highest BCUT2D eigenvalue weighted by Gasteiger charge is 2.16. The van der Waals surface area contributed by atoms with Crippen molar-refractivity contribution in [1.29, 1.82) is 0 Å². The topological polar surface area (TPSA) is 42.7 Å². The number of nitrogens with one attached hydrogen (secondary N) is 1. The van der Waals surface area contributed by atoms with E-state index in [0.29, 0.717) is 0 Å². The Morgan fingerprint density at radius 3 is 2.74 bits per heavy atom. The smallest absolute Gasteiger partial charge is 0.0845 e. The van der Waals surface area contributed by atoms with Crippen LogP contribution in [0.15, 0.2) is 33.3 Å². The number of benzene rings is 1. The van der Waals surface area contributed by atoms with Crippen molar-refractivity contribution in [3.63, 3.8) is 0 Å². The zero-order valence-corrected chi connectivity index (χ0v) is 14.1. The van der Waals surface area contributed by atoms with Gasteiger partial charge in [0.05, 0.1) is 5.69 Å². The van der Waals surface area contributed by atoms with Gasteiger partial charge in [-0.05, 0) is 24.2 Å². The Morgan fingerprint density at radius 2 is 2.16 bits per heavy atom. The van der Waals surface area contributed by atoms with Crippen molar-refractivity contribution < 1.29 is 0 Å². The van der Waals surface area contributed by atoms with Crippen LogP contribution in [0, 0.1) is 0 Å². The predicted octanol–water partition coefficient (Wildman–Crippen LogP) is 3.23. The van der Waals surface area contributed by atoms with E-state index in [9.17, 15) is 0 Å². The largest absolute Gasteiger partial charge is 0.310 e. The van der Waals surface area contributed by atoms with E-state index >= 15 is 0 Å². The molecule has 0 amide bonds. The number of likely N-dealkylation sites (N-methyl/N-ethyl adjacent to an activating group) is 1. The maximum absolute atomic E-state index is 4.16. The van der Waals surface area contributed by atoms with E-state index in [1.165, 1.54) is 5.56 Å². The summed E-state index contributed by atoms with van der Waals surface area (Å²) in [6.07, 6.45) is 2.78. The fraction of sp³-hybridized carbons (Fsp3) is 0.385. The van der Waals surface area contributed by atoms with Crippen LogP contribution in [0.4, 0.5) is 0 Å². The molecule has 2 rings (SSSR count). The number of hydrogen-bond donors (Lipinski definition) is 1. The second-order valence-electron chi connectivity index (χ2n) is 4.36. The Morgan fingerprint density at radius 1 is 1.37 bits per heavy atom. The molecular weight excluding hydrogens is 372 g/mol. The molecule has 0 bridgehead atoms. The molecule has 1 aromatic carbocycles. The van der Waals surface area contributed by atoms with E-state index < -0.39 is 0 Å². The van der Waals surface area contributed by atoms with Crippen molar-refractivity contribution in [2.24, 2.45) is 7.05 Å². The highest BCUT2D eigenvalue weighted by atomic mass is 79.9. The molecule has 0 saturated heterocycles. The molecule has 2 aromatic rings. The van der Waals surface area contributed by atoms with Gasteiger partial charge in [-0.2, -0.15) is 0 Å². The molecule has 0 radical (unpaired) electrons. The Hall–Kier alpha value is -0.720. The molecule has 1 unspecified atom stereocenters. The van der Waals surface area contributed by atoms with Gasteiger partial charge in [0.2, 0.25) is 0 Å². The van der Waals surface area contributed by atoms with Crippen molar-refractivity contribution >= 4 is 31.9 Å². The minimum Gasteiger partial charge on any atom is -0.310 e. The summed E-state index contributed by atoms with van der Waals surface area (Å²) < 4.78 is 3.89. The number of halogens is 2. The fourth-order valence-corrected chi connectivity index (χ4v) is 3.34. The van der Waals surface area contributed by atoms with Gasteiger partial charge in [0.15, 0.2) is 0 Å². The van der Waals surface area contributed by atoms with Gasteiger partial charge in [-0.25, -0.2) is 0 Å². The van der Waals surface area contributed by atoms with E-state index in [0.717, 1.165) is 27.6 Å². The van der Waals surface area contributed by atoms with Crippen LogP contribution >= 0.6 is 31.9 Å². The number of nitrogens with zero attached hydrogens (tertiary/aromatic N) is 3. The maximum atomic E-state index is 4.16. The SMILES string of the molecule is CCNC(Cc1cn(C)nn1)c1ccc(Br)cc1Br. The molecule has 0 fully saturated rings. The average molecular weight is 388 g/mol. The van der Waals surface area contributed by atoms with Crippen LogP contribution in [-0.4, -0.2) is 21.5 Å². The quantitative estimate of drug-likeness (QED) is 0.856. The molecule has 0 spiro atoms. The van der Waals surface area contributed by atoms with E-state index in [2.05, 4.69) is 72.6 Å². The van der Waals surface area contributed by atoms with Gasteiger partial charge in [-0.3, -0.25) is 4.68 Å². The van der Waals surface area contributed by atoms with Gasteiger partial charge >= 0.3 is 0 Å². The van der Waals surface area contributed by atoms with Gasteiger partial charge < -0.3 is 5.32 Å². The molecule has 0 aliphatic carbocycles. The summed E-state index contributed by atoms with van der Waals surface area (Å²) in [7, 11) is 1.88. The van der Waals surface area contributed by atoms with Gasteiger partial charge in [-0.15, -0.1) is 5.10 Å².